The normalized spacial score (nSPS) is 15.4. The van der Waals surface area contributed by atoms with Crippen molar-refractivity contribution in [3.05, 3.63) is 246 Å². The maximum atomic E-state index is 14.1. The molecule has 0 radical (unpaired) electrons. The maximum absolute atomic E-state index is 14.1. The van der Waals surface area contributed by atoms with Crippen molar-refractivity contribution in [1.29, 1.82) is 0 Å². The average Bonchev–Trinajstić information content (AvgIpc) is 1.63. The fourth-order valence-corrected chi connectivity index (χ4v) is 14.6. The smallest absolute Gasteiger partial charge is 0.419 e. The lowest BCUT2D eigenvalue weighted by Gasteiger charge is -2.32. The van der Waals surface area contributed by atoms with Crippen molar-refractivity contribution in [3.63, 3.8) is 0 Å². The molecule has 0 aliphatic carbocycles. The van der Waals surface area contributed by atoms with Crippen LogP contribution in [0, 0.1) is 24.4 Å². The molecule has 9 heterocycles. The van der Waals surface area contributed by atoms with E-state index in [4.69, 9.17) is 37.2 Å². The molecule has 12 aromatic rings. The van der Waals surface area contributed by atoms with Crippen LogP contribution in [0.25, 0.3) is 66.9 Å². The third-order valence-electron chi connectivity index (χ3n) is 20.7. The fourth-order valence-electron chi connectivity index (χ4n) is 14.6. The predicted octanol–water partition coefficient (Wildman–Crippen LogP) is 11.8. The van der Waals surface area contributed by atoms with Crippen LogP contribution in [-0.4, -0.2) is 156 Å². The van der Waals surface area contributed by atoms with Crippen molar-refractivity contribution in [1.82, 2.24) is 89.9 Å². The van der Waals surface area contributed by atoms with Gasteiger partial charge in [0.1, 0.15) is 76.7 Å². The highest BCUT2D eigenvalue weighted by molar-refractivity contribution is 6.02. The Kier molecular flexibility index (Phi) is 24.7. The molecular formula is C84H81F6N21O7. The van der Waals surface area contributed by atoms with Crippen LogP contribution in [0.15, 0.2) is 184 Å². The second kappa shape index (κ2) is 35.7. The van der Waals surface area contributed by atoms with Crippen molar-refractivity contribution >= 4 is 86.0 Å². The van der Waals surface area contributed by atoms with Crippen LogP contribution in [-0.2, 0) is 40.2 Å². The number of nitrogens with zero attached hydrogens (tertiary/aromatic N) is 15. The molecule has 6 aromatic carbocycles. The monoisotopic (exact) mass is 1610 g/mol. The van der Waals surface area contributed by atoms with Crippen molar-refractivity contribution in [2.45, 2.75) is 89.4 Å². The Bertz CT molecular complexity index is 5820. The lowest BCUT2D eigenvalue weighted by Crippen LogP contribution is -2.40. The molecule has 0 unspecified atom stereocenters. The first-order valence-electron chi connectivity index (χ1n) is 37.6. The maximum Gasteiger partial charge on any atom is 0.419 e. The van der Waals surface area contributed by atoms with E-state index in [-0.39, 0.29) is 78.0 Å². The molecular weight excluding hydrogens is 1530 g/mol. The highest BCUT2D eigenvalue weighted by atomic mass is 19.4. The zero-order valence-electron chi connectivity index (χ0n) is 64.1. The number of hydrogen-bond acceptors (Lipinski definition) is 19. The minimum atomic E-state index is -4.92. The predicted molar refractivity (Wildman–Crippen MR) is 430 cm³/mol. The first-order valence-corrected chi connectivity index (χ1v) is 37.6. The van der Waals surface area contributed by atoms with Gasteiger partial charge in [-0.3, -0.25) is 28.8 Å². The zero-order chi connectivity index (χ0) is 83.6. The number of fused-ring (bicyclic) bond motifs is 3. The van der Waals surface area contributed by atoms with Crippen molar-refractivity contribution in [2.75, 3.05) is 63.6 Å². The van der Waals surface area contributed by atoms with Crippen LogP contribution >= 0.6 is 0 Å². The van der Waals surface area contributed by atoms with Gasteiger partial charge in [-0.15, -0.1) is 0 Å². The molecule has 118 heavy (non-hydrogen) atoms. The average molecular weight is 1610 g/mol. The number of anilines is 3. The summed E-state index contributed by atoms with van der Waals surface area (Å²) < 4.78 is 91.4. The Morgan fingerprint density at radius 3 is 1.24 bits per heavy atom. The second-order valence-electron chi connectivity index (χ2n) is 28.2. The van der Waals surface area contributed by atoms with E-state index in [2.05, 4.69) is 65.6 Å². The number of nitrogen functional groups attached to an aromatic ring is 3. The largest absolute Gasteiger partial charge is 0.497 e. The van der Waals surface area contributed by atoms with Crippen molar-refractivity contribution in [2.24, 2.45) is 0 Å². The number of alkyl halides is 3. The molecule has 6 amide bonds. The van der Waals surface area contributed by atoms with E-state index < -0.39 is 46.9 Å². The molecule has 3 saturated heterocycles. The third kappa shape index (κ3) is 17.8. The summed E-state index contributed by atoms with van der Waals surface area (Å²) in [4.78, 5) is 105. The summed E-state index contributed by atoms with van der Waals surface area (Å²) in [6, 6.07) is 32.4. The molecule has 15 rings (SSSR count). The number of rotatable bonds is 19. The number of ether oxygens (including phenoxy) is 1. The molecule has 9 N–H and O–H groups in total. The van der Waals surface area contributed by atoms with E-state index in [9.17, 15) is 55.1 Å². The topological polar surface area (TPSA) is 366 Å². The molecule has 3 aliphatic rings. The number of likely N-dealkylation sites (tertiary alicyclic amines) is 3. The standard InChI is InChI=1S/C28H25F4N7O2.C28H28FN7O3.C28H28FN7O2/c1-2-22(40)38-11-3-4-19(14-38)39-26-23(25(33)35-15-36-26)24(37-39)17-7-5-16(6-8-17)13-34-27(41)18-9-10-21(29)20(12-18)28(30,31)32;1-3-23(37)35-12-4-5-19(15-35)36-27-24(26(30)32-16-33-27)25(34-36)18-8-6-17(7-9-18)14-31-28(38)21-13-20(39-2)10-11-22(21)29;1-3-22(37)35-13-5-7-20(15-35)36-27-24(26(30)32-16-33-27)25(34-36)19-11-9-18(10-12-19)14-31-28(38)23-17(2)6-4-8-21(23)29/h2,5-10,12,15,19H,1,3-4,11,13-14H2,(H,34,41)(H2,33,35,36);3,6-11,13,16,19H,1,4-5,12,14-15H2,2H3,(H,31,38)(H2,30,32,33);3-4,6,8-12,16,20H,1,5,7,13-15H2,2H3,(H,31,38)(H2,30,32,33)/t2*19-;20-/m111/s1. The first kappa shape index (κ1) is 81.8. The number of nitrogens with two attached hydrogens (primary N) is 3. The lowest BCUT2D eigenvalue weighted by molar-refractivity contribution is -0.140. The Labute approximate surface area is 671 Å². The zero-order valence-corrected chi connectivity index (χ0v) is 64.1. The summed E-state index contributed by atoms with van der Waals surface area (Å²) in [5.41, 5.74) is 25.7. The van der Waals surface area contributed by atoms with Gasteiger partial charge in [0.2, 0.25) is 17.7 Å². The minimum Gasteiger partial charge on any atom is -0.497 e. The Hall–Kier alpha value is -14.2. The summed E-state index contributed by atoms with van der Waals surface area (Å²) >= 11 is 0. The Morgan fingerprint density at radius 2 is 0.864 bits per heavy atom. The molecule has 28 nitrogen and oxygen atoms in total. The highest BCUT2D eigenvalue weighted by Crippen LogP contribution is 2.39. The van der Waals surface area contributed by atoms with Gasteiger partial charge in [-0.05, 0) is 128 Å². The van der Waals surface area contributed by atoms with E-state index in [0.717, 1.165) is 66.8 Å². The number of halogens is 6. The third-order valence-corrected chi connectivity index (χ3v) is 20.7. The van der Waals surface area contributed by atoms with Crippen molar-refractivity contribution < 1.29 is 59.8 Å². The van der Waals surface area contributed by atoms with E-state index in [1.54, 1.807) is 62.7 Å². The van der Waals surface area contributed by atoms with E-state index in [0.29, 0.717) is 136 Å². The number of methoxy groups -OCH3 is 1. The van der Waals surface area contributed by atoms with E-state index in [1.807, 2.05) is 57.9 Å². The van der Waals surface area contributed by atoms with Gasteiger partial charge in [0.05, 0.1) is 58.1 Å². The number of hydrogen-bond donors (Lipinski definition) is 6. The number of benzene rings is 6. The highest BCUT2D eigenvalue weighted by Gasteiger charge is 2.36. The summed E-state index contributed by atoms with van der Waals surface area (Å²) in [6.45, 7) is 16.4. The summed E-state index contributed by atoms with van der Waals surface area (Å²) in [6.07, 6.45) is 8.16. The minimum absolute atomic E-state index is 0.0213. The number of aryl methyl sites for hydroxylation is 1. The van der Waals surface area contributed by atoms with Gasteiger partial charge < -0.3 is 52.6 Å². The van der Waals surface area contributed by atoms with Crippen LogP contribution in [0.4, 0.5) is 43.8 Å². The van der Waals surface area contributed by atoms with Crippen LogP contribution in [0.3, 0.4) is 0 Å². The molecule has 34 heteroatoms. The first-order chi connectivity index (χ1) is 56.8. The molecule has 3 aliphatic heterocycles. The van der Waals surface area contributed by atoms with Gasteiger partial charge in [-0.25, -0.2) is 57.1 Å². The van der Waals surface area contributed by atoms with Crippen molar-refractivity contribution in [3.8, 4) is 39.5 Å². The van der Waals surface area contributed by atoms with Gasteiger partial charge in [-0.2, -0.15) is 28.5 Å². The number of carbonyl (C=O) groups is 6. The van der Waals surface area contributed by atoms with Crippen LogP contribution in [0.2, 0.25) is 0 Å². The van der Waals surface area contributed by atoms with Crippen LogP contribution in [0.5, 0.6) is 5.75 Å². The van der Waals surface area contributed by atoms with Crippen LogP contribution < -0.4 is 37.9 Å². The molecule has 606 valence electrons. The number of carbonyl (C=O) groups excluding carboxylic acids is 6. The van der Waals surface area contributed by atoms with Gasteiger partial charge >= 0.3 is 6.18 Å². The molecule has 0 spiro atoms. The second-order valence-corrected chi connectivity index (χ2v) is 28.2. The molecule has 3 fully saturated rings. The van der Waals surface area contributed by atoms with Crippen LogP contribution in [0.1, 0.15) is 116 Å². The summed E-state index contributed by atoms with van der Waals surface area (Å²) in [5.74, 6) is -3.47. The Balaban J connectivity index is 0.000000154. The molecule has 0 bridgehead atoms. The Morgan fingerprint density at radius 1 is 0.483 bits per heavy atom. The number of piperidine rings is 3. The fraction of sp³-hybridized carbons (Fsp3) is 0.250. The number of nitrogens with one attached hydrogen (secondary N) is 3. The van der Waals surface area contributed by atoms with E-state index in [1.165, 1.54) is 68.6 Å². The number of aromatic nitrogens is 12. The van der Waals surface area contributed by atoms with Gasteiger partial charge in [0.25, 0.3) is 17.7 Å². The lowest BCUT2D eigenvalue weighted by atomic mass is 10.1. The summed E-state index contributed by atoms with van der Waals surface area (Å²) in [5, 5.41) is 24.5. The van der Waals surface area contributed by atoms with Gasteiger partial charge in [0.15, 0.2) is 16.9 Å². The van der Waals surface area contributed by atoms with E-state index >= 15 is 0 Å². The quantitative estimate of drug-likeness (QED) is 0.0323. The van der Waals surface area contributed by atoms with Gasteiger partial charge in [0, 0.05) is 81.2 Å². The summed E-state index contributed by atoms with van der Waals surface area (Å²) in [7, 11) is 1.45. The van der Waals surface area contributed by atoms with Gasteiger partial charge in [-0.1, -0.05) is 105 Å². The SMILES string of the molecule is C=CC(=O)N1CCC[C@@H](n2nc(-c3ccc(CNC(=O)c4c(C)cccc4F)cc3)c3c(N)ncnc32)C1.C=CC(=O)N1CCC[C@@H](n2nc(-c3ccc(CNC(=O)c4cc(OC)ccc4F)cc3)c3c(N)ncnc32)C1.C=CC(=O)N1CCC[C@@H](n2nc(-c3ccc(CNC(=O)c4ccc(F)c(C(F)(F)F)c4)cc3)c3c(N)ncnc32)C1. The molecule has 0 saturated carbocycles. The number of amides is 6. The molecule has 3 atom stereocenters. The molecule has 6 aromatic heterocycles.